The average molecular weight is 322 g/mol. The highest BCUT2D eigenvalue weighted by Crippen LogP contribution is 2.31. The summed E-state index contributed by atoms with van der Waals surface area (Å²) in [5.41, 5.74) is 1.70. The number of carbonyl (C=O) groups is 1. The van der Waals surface area contributed by atoms with E-state index in [2.05, 4.69) is 29.7 Å². The second kappa shape index (κ2) is 5.95. The van der Waals surface area contributed by atoms with Gasteiger partial charge in [-0.3, -0.25) is 4.79 Å². The highest BCUT2D eigenvalue weighted by molar-refractivity contribution is 6.08. The summed E-state index contributed by atoms with van der Waals surface area (Å²) in [6, 6.07) is 12.7. The summed E-state index contributed by atoms with van der Waals surface area (Å²) >= 11 is 0. The van der Waals surface area contributed by atoms with E-state index in [9.17, 15) is 4.79 Å². The number of nitrogens with one attached hydrogen (secondary N) is 2. The summed E-state index contributed by atoms with van der Waals surface area (Å²) in [6.07, 6.45) is 2.08. The highest BCUT2D eigenvalue weighted by atomic mass is 16.3. The van der Waals surface area contributed by atoms with Gasteiger partial charge in [-0.2, -0.15) is 0 Å². The topological polar surface area (TPSA) is 54.3 Å². The van der Waals surface area contributed by atoms with Crippen molar-refractivity contribution in [1.29, 1.82) is 0 Å². The number of fused-ring (bicyclic) bond motifs is 3. The Labute approximate surface area is 141 Å². The van der Waals surface area contributed by atoms with Gasteiger partial charge in [0.2, 0.25) is 0 Å². The minimum Gasteiger partial charge on any atom is -0.450 e. The third-order valence-electron chi connectivity index (χ3n) is 5.11. The molecule has 1 aliphatic heterocycles. The molecule has 4 nitrogen and oxygen atoms in total. The normalized spacial score (nSPS) is 21.2. The lowest BCUT2D eigenvalue weighted by Gasteiger charge is -2.30. The number of rotatable bonds is 2. The van der Waals surface area contributed by atoms with E-state index in [1.807, 2.05) is 31.2 Å². The van der Waals surface area contributed by atoms with Gasteiger partial charge in [-0.1, -0.05) is 36.4 Å². The summed E-state index contributed by atoms with van der Waals surface area (Å²) in [7, 11) is 0. The number of amides is 1. The molecule has 1 aromatic heterocycles. The minimum atomic E-state index is -0.117. The number of aryl methyl sites for hydroxylation is 1. The van der Waals surface area contributed by atoms with Gasteiger partial charge in [-0.25, -0.2) is 0 Å². The Morgan fingerprint density at radius 2 is 2.04 bits per heavy atom. The molecule has 1 aliphatic rings. The van der Waals surface area contributed by atoms with Crippen LogP contribution < -0.4 is 10.6 Å². The second-order valence-electron chi connectivity index (χ2n) is 6.68. The molecule has 0 saturated carbocycles. The van der Waals surface area contributed by atoms with Gasteiger partial charge in [0.1, 0.15) is 5.58 Å². The maximum Gasteiger partial charge on any atom is 0.287 e. The lowest BCUT2D eigenvalue weighted by molar-refractivity contribution is 0.0893. The number of furan rings is 1. The Balaban J connectivity index is 1.72. The monoisotopic (exact) mass is 322 g/mol. The van der Waals surface area contributed by atoms with Crippen molar-refractivity contribution in [2.45, 2.75) is 38.8 Å². The van der Waals surface area contributed by atoms with Crippen LogP contribution in [0.5, 0.6) is 0 Å². The molecule has 2 N–H and O–H groups in total. The maximum absolute atomic E-state index is 12.8. The van der Waals surface area contributed by atoms with Gasteiger partial charge in [0, 0.05) is 28.4 Å². The van der Waals surface area contributed by atoms with E-state index < -0.39 is 0 Å². The fourth-order valence-electron chi connectivity index (χ4n) is 3.64. The van der Waals surface area contributed by atoms with E-state index in [0.717, 1.165) is 46.7 Å². The van der Waals surface area contributed by atoms with Crippen LogP contribution in [0.25, 0.3) is 21.7 Å². The molecule has 24 heavy (non-hydrogen) atoms. The van der Waals surface area contributed by atoms with Crippen LogP contribution in [0.4, 0.5) is 0 Å². The predicted octanol–water partition coefficient (Wildman–Crippen LogP) is 3.76. The van der Waals surface area contributed by atoms with Crippen LogP contribution >= 0.6 is 0 Å². The molecule has 2 heterocycles. The van der Waals surface area contributed by atoms with Gasteiger partial charge in [0.25, 0.3) is 5.91 Å². The molecule has 0 bridgehead atoms. The number of piperidine rings is 1. The van der Waals surface area contributed by atoms with E-state index in [1.165, 1.54) is 0 Å². The Bertz CT molecular complexity index is 913. The summed E-state index contributed by atoms with van der Waals surface area (Å²) in [4.78, 5) is 12.8. The maximum atomic E-state index is 12.8. The van der Waals surface area contributed by atoms with Gasteiger partial charge < -0.3 is 15.1 Å². The van der Waals surface area contributed by atoms with Crippen molar-refractivity contribution in [1.82, 2.24) is 10.6 Å². The molecule has 2 unspecified atom stereocenters. The van der Waals surface area contributed by atoms with Crippen molar-refractivity contribution >= 4 is 27.6 Å². The first-order chi connectivity index (χ1) is 11.6. The molecule has 1 fully saturated rings. The lowest BCUT2D eigenvalue weighted by atomic mass is 9.99. The highest BCUT2D eigenvalue weighted by Gasteiger charge is 2.26. The first kappa shape index (κ1) is 15.2. The number of benzene rings is 2. The van der Waals surface area contributed by atoms with E-state index in [0.29, 0.717) is 5.76 Å². The Kier molecular flexibility index (Phi) is 3.77. The molecule has 1 saturated heterocycles. The zero-order valence-corrected chi connectivity index (χ0v) is 14.1. The van der Waals surface area contributed by atoms with Crippen LogP contribution in [-0.4, -0.2) is 24.5 Å². The SMILES string of the molecule is Cc1c(C(=O)NC2CCCNC2C)oc2c1ccc1ccccc12. The van der Waals surface area contributed by atoms with Crippen LogP contribution in [0, 0.1) is 6.92 Å². The van der Waals surface area contributed by atoms with Crippen LogP contribution in [0.1, 0.15) is 35.9 Å². The standard InChI is InChI=1S/C20H22N2O2/c1-12-15-10-9-14-6-3-4-7-16(14)19(15)24-18(12)20(23)22-17-8-5-11-21-13(17)2/h3-4,6-7,9-10,13,17,21H,5,8,11H2,1-2H3,(H,22,23). The van der Waals surface area contributed by atoms with E-state index in [-0.39, 0.29) is 18.0 Å². The second-order valence-corrected chi connectivity index (χ2v) is 6.68. The Hall–Kier alpha value is -2.33. The average Bonchev–Trinajstić information content (AvgIpc) is 2.94. The molecule has 0 spiro atoms. The van der Waals surface area contributed by atoms with Crippen molar-refractivity contribution < 1.29 is 9.21 Å². The van der Waals surface area contributed by atoms with Crippen LogP contribution in [0.3, 0.4) is 0 Å². The zero-order chi connectivity index (χ0) is 16.7. The molecule has 0 aliphatic carbocycles. The summed E-state index contributed by atoms with van der Waals surface area (Å²) in [5.74, 6) is 0.312. The first-order valence-corrected chi connectivity index (χ1v) is 8.60. The van der Waals surface area contributed by atoms with E-state index in [1.54, 1.807) is 0 Å². The lowest BCUT2D eigenvalue weighted by Crippen LogP contribution is -2.51. The number of hydrogen-bond donors (Lipinski definition) is 2. The number of hydrogen-bond acceptors (Lipinski definition) is 3. The van der Waals surface area contributed by atoms with E-state index >= 15 is 0 Å². The Morgan fingerprint density at radius 1 is 1.21 bits per heavy atom. The van der Waals surface area contributed by atoms with Gasteiger partial charge in [0.15, 0.2) is 5.76 Å². The fraction of sp³-hybridized carbons (Fsp3) is 0.350. The molecule has 4 heteroatoms. The fourth-order valence-corrected chi connectivity index (χ4v) is 3.64. The third kappa shape index (κ3) is 2.47. The molecule has 4 rings (SSSR count). The van der Waals surface area contributed by atoms with Crippen molar-refractivity contribution in [3.8, 4) is 0 Å². The molecule has 2 aromatic carbocycles. The molecular weight excluding hydrogens is 300 g/mol. The third-order valence-corrected chi connectivity index (χ3v) is 5.11. The molecule has 0 radical (unpaired) electrons. The summed E-state index contributed by atoms with van der Waals surface area (Å²) in [5, 5.41) is 9.72. The van der Waals surface area contributed by atoms with Crippen molar-refractivity contribution in [2.75, 3.05) is 6.54 Å². The van der Waals surface area contributed by atoms with Crippen LogP contribution in [0.2, 0.25) is 0 Å². The quantitative estimate of drug-likeness (QED) is 0.755. The number of carbonyl (C=O) groups excluding carboxylic acids is 1. The van der Waals surface area contributed by atoms with Gasteiger partial charge in [-0.05, 0) is 38.6 Å². The van der Waals surface area contributed by atoms with Crippen LogP contribution in [0.15, 0.2) is 40.8 Å². The Morgan fingerprint density at radius 3 is 2.88 bits per heavy atom. The van der Waals surface area contributed by atoms with Crippen molar-refractivity contribution in [3.05, 3.63) is 47.7 Å². The summed E-state index contributed by atoms with van der Waals surface area (Å²) < 4.78 is 6.02. The molecule has 1 amide bonds. The van der Waals surface area contributed by atoms with Gasteiger partial charge >= 0.3 is 0 Å². The van der Waals surface area contributed by atoms with Crippen molar-refractivity contribution in [3.63, 3.8) is 0 Å². The largest absolute Gasteiger partial charge is 0.450 e. The van der Waals surface area contributed by atoms with Gasteiger partial charge in [-0.15, -0.1) is 0 Å². The van der Waals surface area contributed by atoms with Crippen LogP contribution in [-0.2, 0) is 0 Å². The smallest absolute Gasteiger partial charge is 0.287 e. The van der Waals surface area contributed by atoms with Gasteiger partial charge in [0.05, 0.1) is 0 Å². The molecule has 3 aromatic rings. The molecule has 2 atom stereocenters. The molecular formula is C20H22N2O2. The molecule has 124 valence electrons. The predicted molar refractivity (Wildman–Crippen MR) is 96.4 cm³/mol. The van der Waals surface area contributed by atoms with Crippen molar-refractivity contribution in [2.24, 2.45) is 0 Å². The first-order valence-electron chi connectivity index (χ1n) is 8.60. The summed E-state index contributed by atoms with van der Waals surface area (Å²) in [6.45, 7) is 5.09. The minimum absolute atomic E-state index is 0.117. The van der Waals surface area contributed by atoms with E-state index in [4.69, 9.17) is 4.42 Å². The zero-order valence-electron chi connectivity index (χ0n) is 14.1.